The number of esters is 1. The van der Waals surface area contributed by atoms with Crippen molar-refractivity contribution in [3.8, 4) is 0 Å². The number of aromatic nitrogens is 4. The summed E-state index contributed by atoms with van der Waals surface area (Å²) in [6.45, 7) is 2.68. The number of hydrogen-bond donors (Lipinski definition) is 1. The van der Waals surface area contributed by atoms with E-state index in [4.69, 9.17) is 9.47 Å². The lowest BCUT2D eigenvalue weighted by Crippen LogP contribution is -2.39. The van der Waals surface area contributed by atoms with Gasteiger partial charge in [0, 0.05) is 24.6 Å². The average molecular weight is 499 g/mol. The van der Waals surface area contributed by atoms with E-state index in [1.165, 1.54) is 10.9 Å². The highest BCUT2D eigenvalue weighted by Crippen LogP contribution is 2.29. The fourth-order valence-corrected chi connectivity index (χ4v) is 5.22. The molecule has 9 heteroatoms. The van der Waals surface area contributed by atoms with E-state index in [1.807, 2.05) is 48.5 Å². The van der Waals surface area contributed by atoms with Gasteiger partial charge in [-0.25, -0.2) is 14.8 Å². The summed E-state index contributed by atoms with van der Waals surface area (Å²) in [5.74, 6) is -0.268. The molecule has 0 unspecified atom stereocenters. The number of nitrogens with zero attached hydrogens (tertiary/aromatic N) is 4. The SMILES string of the molecule is CCOC(=O)c1nc(Cc2cc3c(=O)n([C@H]4CCOC[C@@H]4O)cnc3c3ccccc23)c2ccccn12. The topological polar surface area (TPSA) is 108 Å². The van der Waals surface area contributed by atoms with Crippen LogP contribution >= 0.6 is 0 Å². The maximum Gasteiger partial charge on any atom is 0.374 e. The molecule has 0 amide bonds. The number of hydrogen-bond acceptors (Lipinski definition) is 7. The van der Waals surface area contributed by atoms with Gasteiger partial charge in [-0.3, -0.25) is 13.8 Å². The molecule has 1 saturated heterocycles. The molecule has 0 spiro atoms. The molecule has 5 aromatic rings. The first-order valence-electron chi connectivity index (χ1n) is 12.4. The second-order valence-corrected chi connectivity index (χ2v) is 9.17. The molecule has 0 saturated carbocycles. The monoisotopic (exact) mass is 498 g/mol. The molecule has 6 rings (SSSR count). The van der Waals surface area contributed by atoms with Crippen molar-refractivity contribution in [3.63, 3.8) is 0 Å². The Hall–Kier alpha value is -4.08. The standard InChI is InChI=1S/C28H26N4O5/c1-2-37-28(35)26-30-21(22-9-5-6-11-31(22)26)14-17-13-20-25(19-8-4-3-7-18(17)19)29-16-32(27(20)34)23-10-12-36-15-24(23)33/h3-9,11,13,16,23-24,33H,2,10,12,14-15H2,1H3/t23-,24-/m0/s1. The number of ether oxygens (including phenoxy) is 2. The van der Waals surface area contributed by atoms with Crippen LogP contribution in [0.15, 0.2) is 65.8 Å². The van der Waals surface area contributed by atoms with Crippen molar-refractivity contribution < 1.29 is 19.4 Å². The highest BCUT2D eigenvalue weighted by Gasteiger charge is 2.27. The van der Waals surface area contributed by atoms with E-state index >= 15 is 0 Å². The summed E-state index contributed by atoms with van der Waals surface area (Å²) in [4.78, 5) is 35.6. The van der Waals surface area contributed by atoms with Crippen molar-refractivity contribution in [3.05, 3.63) is 88.5 Å². The molecular formula is C28H26N4O5. The predicted molar refractivity (Wildman–Crippen MR) is 138 cm³/mol. The normalized spacial score (nSPS) is 18.0. The van der Waals surface area contributed by atoms with Crippen LogP contribution in [-0.4, -0.2) is 55.9 Å². The Morgan fingerprint density at radius 1 is 1.16 bits per heavy atom. The van der Waals surface area contributed by atoms with Crippen LogP contribution in [0, 0.1) is 0 Å². The largest absolute Gasteiger partial charge is 0.460 e. The van der Waals surface area contributed by atoms with Gasteiger partial charge in [0.2, 0.25) is 5.82 Å². The Morgan fingerprint density at radius 3 is 2.78 bits per heavy atom. The van der Waals surface area contributed by atoms with E-state index in [-0.39, 0.29) is 24.6 Å². The van der Waals surface area contributed by atoms with Crippen LogP contribution in [0.1, 0.15) is 41.3 Å². The van der Waals surface area contributed by atoms with Gasteiger partial charge < -0.3 is 14.6 Å². The molecule has 37 heavy (non-hydrogen) atoms. The quantitative estimate of drug-likeness (QED) is 0.293. The molecule has 9 nitrogen and oxygen atoms in total. The number of rotatable bonds is 5. The molecule has 1 fully saturated rings. The summed E-state index contributed by atoms with van der Waals surface area (Å²) in [6, 6.07) is 15.0. The molecule has 3 aromatic heterocycles. The summed E-state index contributed by atoms with van der Waals surface area (Å²) < 4.78 is 13.8. The van der Waals surface area contributed by atoms with Crippen LogP contribution in [0.5, 0.6) is 0 Å². The Balaban J connectivity index is 1.53. The van der Waals surface area contributed by atoms with Gasteiger partial charge in [-0.1, -0.05) is 30.3 Å². The third-order valence-corrected chi connectivity index (χ3v) is 6.97. The number of carbonyl (C=O) groups excluding carboxylic acids is 1. The second-order valence-electron chi connectivity index (χ2n) is 9.17. The molecule has 188 valence electrons. The lowest BCUT2D eigenvalue weighted by Gasteiger charge is -2.29. The van der Waals surface area contributed by atoms with Gasteiger partial charge in [-0.05, 0) is 42.5 Å². The predicted octanol–water partition coefficient (Wildman–Crippen LogP) is 3.29. The van der Waals surface area contributed by atoms with Gasteiger partial charge in [0.05, 0.1) is 53.8 Å². The number of aliphatic hydroxyl groups is 1. The maximum atomic E-state index is 13.7. The Kier molecular flexibility index (Phi) is 5.94. The Morgan fingerprint density at radius 2 is 1.97 bits per heavy atom. The number of aliphatic hydroxyl groups excluding tert-OH is 1. The van der Waals surface area contributed by atoms with E-state index in [1.54, 1.807) is 17.5 Å². The van der Waals surface area contributed by atoms with E-state index in [0.29, 0.717) is 36.0 Å². The number of pyridine rings is 1. The van der Waals surface area contributed by atoms with Crippen LogP contribution in [-0.2, 0) is 15.9 Å². The maximum absolute atomic E-state index is 13.7. The first-order valence-corrected chi connectivity index (χ1v) is 12.4. The first kappa shape index (κ1) is 23.3. The number of imidazole rings is 1. The number of fused-ring (bicyclic) bond motifs is 4. The summed E-state index contributed by atoms with van der Waals surface area (Å²) in [7, 11) is 0. The van der Waals surface area contributed by atoms with Crippen molar-refractivity contribution in [1.29, 1.82) is 0 Å². The highest BCUT2D eigenvalue weighted by atomic mass is 16.5. The van der Waals surface area contributed by atoms with Gasteiger partial charge >= 0.3 is 5.97 Å². The number of benzene rings is 2. The highest BCUT2D eigenvalue weighted by molar-refractivity contribution is 6.06. The minimum absolute atomic E-state index is 0.189. The molecule has 0 aliphatic carbocycles. The first-order chi connectivity index (χ1) is 18.1. The van der Waals surface area contributed by atoms with Crippen LogP contribution in [0.25, 0.3) is 27.2 Å². The smallest absolute Gasteiger partial charge is 0.374 e. The average Bonchev–Trinajstić information content (AvgIpc) is 3.29. The van der Waals surface area contributed by atoms with Gasteiger partial charge in [-0.2, -0.15) is 0 Å². The van der Waals surface area contributed by atoms with Crippen molar-refractivity contribution >= 4 is 33.2 Å². The summed E-state index contributed by atoms with van der Waals surface area (Å²) >= 11 is 0. The minimum atomic E-state index is -0.774. The van der Waals surface area contributed by atoms with Gasteiger partial charge in [-0.15, -0.1) is 0 Å². The molecule has 1 N–H and O–H groups in total. The van der Waals surface area contributed by atoms with Crippen LogP contribution in [0.3, 0.4) is 0 Å². The second kappa shape index (κ2) is 9.42. The van der Waals surface area contributed by atoms with Crippen LogP contribution < -0.4 is 5.56 Å². The van der Waals surface area contributed by atoms with Crippen molar-refractivity contribution in [1.82, 2.24) is 18.9 Å². The van der Waals surface area contributed by atoms with Crippen molar-refractivity contribution in [2.24, 2.45) is 0 Å². The van der Waals surface area contributed by atoms with Crippen molar-refractivity contribution in [2.75, 3.05) is 19.8 Å². The lowest BCUT2D eigenvalue weighted by atomic mass is 9.97. The molecule has 2 atom stereocenters. The Bertz CT molecular complexity index is 1710. The minimum Gasteiger partial charge on any atom is -0.460 e. The molecular weight excluding hydrogens is 472 g/mol. The number of carbonyl (C=O) groups is 1. The van der Waals surface area contributed by atoms with Crippen molar-refractivity contribution in [2.45, 2.75) is 31.9 Å². The van der Waals surface area contributed by atoms with Gasteiger partial charge in [0.25, 0.3) is 5.56 Å². The molecule has 1 aliphatic rings. The van der Waals surface area contributed by atoms with Gasteiger partial charge in [0.1, 0.15) is 0 Å². The third kappa shape index (κ3) is 3.96. The zero-order valence-corrected chi connectivity index (χ0v) is 20.3. The fourth-order valence-electron chi connectivity index (χ4n) is 5.22. The summed E-state index contributed by atoms with van der Waals surface area (Å²) in [5.41, 5.74) is 2.81. The molecule has 2 aromatic carbocycles. The molecule has 0 radical (unpaired) electrons. The molecule has 1 aliphatic heterocycles. The van der Waals surface area contributed by atoms with E-state index < -0.39 is 18.1 Å². The zero-order chi connectivity index (χ0) is 25.5. The van der Waals surface area contributed by atoms with E-state index in [2.05, 4.69) is 9.97 Å². The third-order valence-electron chi connectivity index (χ3n) is 6.97. The van der Waals surface area contributed by atoms with Gasteiger partial charge in [0.15, 0.2) is 0 Å². The fraction of sp³-hybridized carbons (Fsp3) is 0.286. The van der Waals surface area contributed by atoms with Crippen LogP contribution in [0.4, 0.5) is 0 Å². The summed E-state index contributed by atoms with van der Waals surface area (Å²) in [5, 5.41) is 12.8. The summed E-state index contributed by atoms with van der Waals surface area (Å²) in [6.07, 6.45) is 3.48. The van der Waals surface area contributed by atoms with E-state index in [9.17, 15) is 14.7 Å². The molecule has 0 bridgehead atoms. The Labute approximate surface area is 211 Å². The molecule has 4 heterocycles. The van der Waals surface area contributed by atoms with E-state index in [0.717, 1.165) is 21.9 Å². The lowest BCUT2D eigenvalue weighted by molar-refractivity contribution is -0.0395. The zero-order valence-electron chi connectivity index (χ0n) is 20.3. The van der Waals surface area contributed by atoms with Crippen LogP contribution in [0.2, 0.25) is 0 Å².